The van der Waals surface area contributed by atoms with Crippen molar-refractivity contribution >= 4 is 11.9 Å². The summed E-state index contributed by atoms with van der Waals surface area (Å²) in [6, 6.07) is 0. The highest BCUT2D eigenvalue weighted by Gasteiger charge is 2.51. The van der Waals surface area contributed by atoms with Crippen LogP contribution in [0.5, 0.6) is 0 Å². The molecule has 4 nitrogen and oxygen atoms in total. The molecule has 2 aliphatic rings. The van der Waals surface area contributed by atoms with Gasteiger partial charge in [0, 0.05) is 5.92 Å². The van der Waals surface area contributed by atoms with E-state index in [1.807, 2.05) is 39.8 Å². The van der Waals surface area contributed by atoms with Crippen LogP contribution in [0.4, 0.5) is 0 Å². The van der Waals surface area contributed by atoms with Crippen molar-refractivity contribution in [2.45, 2.75) is 59.2 Å². The maximum absolute atomic E-state index is 12.5. The number of ether oxygens (including phenoxy) is 2. The first-order chi connectivity index (χ1) is 9.40. The normalized spacial score (nSPS) is 32.2. The molecule has 1 saturated heterocycles. The van der Waals surface area contributed by atoms with E-state index in [0.717, 1.165) is 19.3 Å². The smallest absolute Gasteiger partial charge is 0.348 e. The standard InChI is InChI=1S/C16H24O4/c1-5-9-16(4,10(2)3)15(18)20-13-11-7-6-8-12(11)19-14(13)17/h5,9-13H,6-8H2,1-4H3/b9-5-. The van der Waals surface area contributed by atoms with Gasteiger partial charge >= 0.3 is 11.9 Å². The average Bonchev–Trinajstić information content (AvgIpc) is 2.92. The lowest BCUT2D eigenvalue weighted by Gasteiger charge is -2.29. The Morgan fingerprint density at radius 1 is 1.45 bits per heavy atom. The highest BCUT2D eigenvalue weighted by atomic mass is 16.6. The van der Waals surface area contributed by atoms with Crippen LogP contribution < -0.4 is 0 Å². The van der Waals surface area contributed by atoms with Crippen molar-refractivity contribution in [2.75, 3.05) is 0 Å². The molecule has 1 aliphatic carbocycles. The molecule has 1 saturated carbocycles. The second kappa shape index (κ2) is 5.58. The van der Waals surface area contributed by atoms with E-state index in [-0.39, 0.29) is 29.9 Å². The molecule has 0 aromatic carbocycles. The van der Waals surface area contributed by atoms with Gasteiger partial charge in [0.1, 0.15) is 6.10 Å². The lowest BCUT2D eigenvalue weighted by molar-refractivity contribution is -0.169. The maximum atomic E-state index is 12.5. The van der Waals surface area contributed by atoms with Crippen molar-refractivity contribution in [3.8, 4) is 0 Å². The van der Waals surface area contributed by atoms with Gasteiger partial charge in [0.2, 0.25) is 6.10 Å². The molecular formula is C16H24O4. The Morgan fingerprint density at radius 3 is 2.75 bits per heavy atom. The van der Waals surface area contributed by atoms with Crippen LogP contribution in [-0.2, 0) is 19.1 Å². The number of fused-ring (bicyclic) bond motifs is 1. The Kier molecular flexibility index (Phi) is 4.21. The summed E-state index contributed by atoms with van der Waals surface area (Å²) in [5.41, 5.74) is -0.703. The zero-order valence-electron chi connectivity index (χ0n) is 12.7. The van der Waals surface area contributed by atoms with Crippen molar-refractivity contribution in [3.05, 3.63) is 12.2 Å². The Balaban J connectivity index is 2.12. The minimum absolute atomic E-state index is 0.0488. The van der Waals surface area contributed by atoms with E-state index < -0.39 is 11.5 Å². The first kappa shape index (κ1) is 15.1. The van der Waals surface area contributed by atoms with Gasteiger partial charge in [-0.15, -0.1) is 0 Å². The molecule has 0 spiro atoms. The molecule has 2 fully saturated rings. The van der Waals surface area contributed by atoms with Gasteiger partial charge in [-0.1, -0.05) is 26.0 Å². The highest BCUT2D eigenvalue weighted by Crippen LogP contribution is 2.40. The van der Waals surface area contributed by atoms with Gasteiger partial charge in [-0.05, 0) is 39.0 Å². The van der Waals surface area contributed by atoms with Crippen molar-refractivity contribution in [1.82, 2.24) is 0 Å². The molecule has 2 rings (SSSR count). The minimum Gasteiger partial charge on any atom is -0.459 e. The zero-order chi connectivity index (χ0) is 14.9. The predicted octanol–water partition coefficient (Wildman–Crippen LogP) is 2.86. The summed E-state index contributed by atoms with van der Waals surface area (Å²) in [5, 5.41) is 0. The SMILES string of the molecule is C/C=C\C(C)(C(=O)OC1C(=O)OC2CCCC21)C(C)C. The fourth-order valence-corrected chi connectivity index (χ4v) is 3.06. The Bertz CT molecular complexity index is 426. The summed E-state index contributed by atoms with van der Waals surface area (Å²) >= 11 is 0. The first-order valence-corrected chi connectivity index (χ1v) is 7.45. The highest BCUT2D eigenvalue weighted by molar-refractivity contribution is 5.85. The average molecular weight is 280 g/mol. The Hall–Kier alpha value is -1.32. The van der Waals surface area contributed by atoms with Gasteiger partial charge in [-0.3, -0.25) is 4.79 Å². The van der Waals surface area contributed by atoms with Gasteiger partial charge in [-0.2, -0.15) is 0 Å². The molecule has 0 N–H and O–H groups in total. The summed E-state index contributed by atoms with van der Waals surface area (Å²) < 4.78 is 10.8. The van der Waals surface area contributed by atoms with Crippen LogP contribution in [0, 0.1) is 17.3 Å². The molecule has 20 heavy (non-hydrogen) atoms. The fraction of sp³-hybridized carbons (Fsp3) is 0.750. The maximum Gasteiger partial charge on any atom is 0.348 e. The largest absolute Gasteiger partial charge is 0.459 e. The monoisotopic (exact) mass is 280 g/mol. The Morgan fingerprint density at radius 2 is 2.15 bits per heavy atom. The molecule has 0 bridgehead atoms. The molecule has 4 unspecified atom stereocenters. The van der Waals surface area contributed by atoms with E-state index in [1.54, 1.807) is 0 Å². The fourth-order valence-electron chi connectivity index (χ4n) is 3.06. The van der Waals surface area contributed by atoms with Crippen LogP contribution in [0.2, 0.25) is 0 Å². The summed E-state index contributed by atoms with van der Waals surface area (Å²) in [6.07, 6.45) is 5.77. The van der Waals surface area contributed by atoms with E-state index >= 15 is 0 Å². The third-order valence-electron chi connectivity index (χ3n) is 4.78. The molecule has 4 heteroatoms. The van der Waals surface area contributed by atoms with Crippen LogP contribution in [0.15, 0.2) is 12.2 Å². The molecule has 0 aromatic heterocycles. The molecule has 1 heterocycles. The topological polar surface area (TPSA) is 52.6 Å². The van der Waals surface area contributed by atoms with Crippen LogP contribution in [0.3, 0.4) is 0 Å². The van der Waals surface area contributed by atoms with E-state index in [2.05, 4.69) is 0 Å². The molecule has 0 radical (unpaired) electrons. The number of rotatable bonds is 4. The lowest BCUT2D eigenvalue weighted by Crippen LogP contribution is -2.39. The summed E-state index contributed by atoms with van der Waals surface area (Å²) in [5.74, 6) is -0.559. The van der Waals surface area contributed by atoms with Gasteiger partial charge in [-0.25, -0.2) is 4.79 Å². The minimum atomic E-state index is -0.710. The van der Waals surface area contributed by atoms with E-state index in [1.165, 1.54) is 0 Å². The number of hydrogen-bond acceptors (Lipinski definition) is 4. The zero-order valence-corrected chi connectivity index (χ0v) is 12.7. The van der Waals surface area contributed by atoms with Crippen LogP contribution >= 0.6 is 0 Å². The Labute approximate surface area is 120 Å². The molecule has 0 aromatic rings. The number of carbonyl (C=O) groups excluding carboxylic acids is 2. The van der Waals surface area contributed by atoms with E-state index in [0.29, 0.717) is 0 Å². The van der Waals surface area contributed by atoms with Crippen molar-refractivity contribution in [1.29, 1.82) is 0 Å². The number of allylic oxidation sites excluding steroid dienone is 1. The second-order valence-electron chi connectivity index (χ2n) is 6.33. The summed E-state index contributed by atoms with van der Waals surface area (Å²) in [6.45, 7) is 7.69. The van der Waals surface area contributed by atoms with Crippen molar-refractivity contribution in [3.63, 3.8) is 0 Å². The summed E-state index contributed by atoms with van der Waals surface area (Å²) in [4.78, 5) is 24.4. The lowest BCUT2D eigenvalue weighted by atomic mass is 9.78. The predicted molar refractivity (Wildman–Crippen MR) is 74.9 cm³/mol. The van der Waals surface area contributed by atoms with Crippen LogP contribution in [0.25, 0.3) is 0 Å². The molecule has 4 atom stereocenters. The molecule has 112 valence electrons. The number of esters is 2. The first-order valence-electron chi connectivity index (χ1n) is 7.45. The van der Waals surface area contributed by atoms with Crippen molar-refractivity contribution in [2.24, 2.45) is 17.3 Å². The molecule has 1 aliphatic heterocycles. The van der Waals surface area contributed by atoms with Gasteiger partial charge in [0.25, 0.3) is 0 Å². The van der Waals surface area contributed by atoms with Gasteiger partial charge < -0.3 is 9.47 Å². The second-order valence-corrected chi connectivity index (χ2v) is 6.33. The van der Waals surface area contributed by atoms with Gasteiger partial charge in [0.05, 0.1) is 5.41 Å². The third-order valence-corrected chi connectivity index (χ3v) is 4.78. The quantitative estimate of drug-likeness (QED) is 0.587. The summed E-state index contributed by atoms with van der Waals surface area (Å²) in [7, 11) is 0. The third kappa shape index (κ3) is 2.48. The number of carbonyl (C=O) groups is 2. The van der Waals surface area contributed by atoms with E-state index in [4.69, 9.17) is 9.47 Å². The van der Waals surface area contributed by atoms with E-state index in [9.17, 15) is 9.59 Å². The van der Waals surface area contributed by atoms with Gasteiger partial charge in [0.15, 0.2) is 0 Å². The van der Waals surface area contributed by atoms with Crippen molar-refractivity contribution < 1.29 is 19.1 Å². The van der Waals surface area contributed by atoms with Crippen LogP contribution in [0.1, 0.15) is 47.0 Å². The molecule has 0 amide bonds. The number of hydrogen-bond donors (Lipinski definition) is 0. The van der Waals surface area contributed by atoms with Crippen LogP contribution in [-0.4, -0.2) is 24.1 Å². The molecular weight excluding hydrogens is 256 g/mol.